The molecule has 7 heteroatoms. The average molecular weight is 393 g/mol. The van der Waals surface area contributed by atoms with Crippen LogP contribution in [0.3, 0.4) is 0 Å². The second-order valence-corrected chi connectivity index (χ2v) is 7.11. The van der Waals surface area contributed by atoms with Crippen molar-refractivity contribution in [1.82, 2.24) is 15.3 Å². The van der Waals surface area contributed by atoms with Gasteiger partial charge in [0.05, 0.1) is 5.52 Å². The third-order valence-electron chi connectivity index (χ3n) is 4.50. The van der Waals surface area contributed by atoms with Crippen LogP contribution in [0.15, 0.2) is 22.8 Å². The van der Waals surface area contributed by atoms with Crippen LogP contribution in [0, 0.1) is 0 Å². The number of anilines is 1. The molecule has 0 radical (unpaired) electrons. The second-order valence-electron chi connectivity index (χ2n) is 6.19. The van der Waals surface area contributed by atoms with Gasteiger partial charge in [-0.3, -0.25) is 0 Å². The SMILES string of the molecule is CCc1cc(Br)cc2cnc(N[C@H]3CC[C@H](NC(=O)O)CC3)nc12. The lowest BCUT2D eigenvalue weighted by Gasteiger charge is -2.28. The molecule has 128 valence electrons. The van der Waals surface area contributed by atoms with E-state index in [1.54, 1.807) is 0 Å². The van der Waals surface area contributed by atoms with Crippen molar-refractivity contribution < 1.29 is 9.90 Å². The van der Waals surface area contributed by atoms with E-state index >= 15 is 0 Å². The van der Waals surface area contributed by atoms with Crippen molar-refractivity contribution in [2.45, 2.75) is 51.1 Å². The highest BCUT2D eigenvalue weighted by Crippen LogP contribution is 2.25. The summed E-state index contributed by atoms with van der Waals surface area (Å²) in [5.41, 5.74) is 2.18. The Balaban J connectivity index is 1.70. The molecule has 6 nitrogen and oxygen atoms in total. The number of aromatic nitrogens is 2. The molecule has 0 atom stereocenters. The fourth-order valence-electron chi connectivity index (χ4n) is 3.26. The molecule has 1 fully saturated rings. The van der Waals surface area contributed by atoms with Crippen LogP contribution in [-0.2, 0) is 6.42 Å². The molecule has 24 heavy (non-hydrogen) atoms. The third-order valence-corrected chi connectivity index (χ3v) is 4.95. The van der Waals surface area contributed by atoms with E-state index in [1.807, 2.05) is 12.3 Å². The van der Waals surface area contributed by atoms with Crippen molar-refractivity contribution in [3.8, 4) is 0 Å². The van der Waals surface area contributed by atoms with Gasteiger partial charge in [-0.15, -0.1) is 0 Å². The minimum Gasteiger partial charge on any atom is -0.465 e. The first-order chi connectivity index (χ1) is 11.5. The molecule has 1 saturated carbocycles. The van der Waals surface area contributed by atoms with E-state index in [1.165, 1.54) is 5.56 Å². The lowest BCUT2D eigenvalue weighted by atomic mass is 9.91. The van der Waals surface area contributed by atoms with Gasteiger partial charge < -0.3 is 15.7 Å². The van der Waals surface area contributed by atoms with Crippen LogP contribution in [-0.4, -0.2) is 33.3 Å². The Kier molecular flexibility index (Phi) is 5.18. The topological polar surface area (TPSA) is 87.1 Å². The summed E-state index contributed by atoms with van der Waals surface area (Å²) >= 11 is 3.53. The largest absolute Gasteiger partial charge is 0.465 e. The van der Waals surface area contributed by atoms with Gasteiger partial charge in [0.15, 0.2) is 0 Å². The summed E-state index contributed by atoms with van der Waals surface area (Å²) in [6, 6.07) is 4.47. The lowest BCUT2D eigenvalue weighted by Crippen LogP contribution is -2.39. The number of carboxylic acid groups (broad SMARTS) is 1. The molecule has 1 aliphatic carbocycles. The van der Waals surface area contributed by atoms with Crippen LogP contribution in [0.4, 0.5) is 10.7 Å². The Bertz CT molecular complexity index is 745. The number of hydrogen-bond acceptors (Lipinski definition) is 4. The highest BCUT2D eigenvalue weighted by molar-refractivity contribution is 9.10. The van der Waals surface area contributed by atoms with Gasteiger partial charge in [-0.2, -0.15) is 0 Å². The number of aryl methyl sites for hydroxylation is 1. The first-order valence-electron chi connectivity index (χ1n) is 8.26. The van der Waals surface area contributed by atoms with Crippen molar-refractivity contribution >= 4 is 38.9 Å². The molecule has 1 aliphatic rings. The molecule has 3 rings (SSSR count). The number of nitrogens with one attached hydrogen (secondary N) is 2. The molecule has 1 amide bonds. The Morgan fingerprint density at radius 2 is 2.00 bits per heavy atom. The zero-order chi connectivity index (χ0) is 17.1. The van der Waals surface area contributed by atoms with Gasteiger partial charge >= 0.3 is 6.09 Å². The number of hydrogen-bond donors (Lipinski definition) is 3. The molecular weight excluding hydrogens is 372 g/mol. The van der Waals surface area contributed by atoms with Gasteiger partial charge in [-0.05, 0) is 49.8 Å². The minimum atomic E-state index is -0.942. The van der Waals surface area contributed by atoms with E-state index in [9.17, 15) is 4.79 Å². The van der Waals surface area contributed by atoms with E-state index in [-0.39, 0.29) is 12.1 Å². The molecule has 3 N–H and O–H groups in total. The highest BCUT2D eigenvalue weighted by Gasteiger charge is 2.22. The highest BCUT2D eigenvalue weighted by atomic mass is 79.9. The number of rotatable bonds is 4. The molecule has 0 aliphatic heterocycles. The van der Waals surface area contributed by atoms with Crippen LogP contribution in [0.1, 0.15) is 38.2 Å². The number of halogens is 1. The van der Waals surface area contributed by atoms with Crippen molar-refractivity contribution in [2.75, 3.05) is 5.32 Å². The summed E-state index contributed by atoms with van der Waals surface area (Å²) < 4.78 is 1.04. The summed E-state index contributed by atoms with van der Waals surface area (Å²) in [6.45, 7) is 2.12. The fourth-order valence-corrected chi connectivity index (χ4v) is 3.78. The van der Waals surface area contributed by atoms with Crippen LogP contribution in [0.5, 0.6) is 0 Å². The molecule has 0 bridgehead atoms. The average Bonchev–Trinajstić information content (AvgIpc) is 2.55. The predicted octanol–water partition coefficient (Wildman–Crippen LogP) is 3.95. The first kappa shape index (κ1) is 17.0. The minimum absolute atomic E-state index is 0.0575. The molecule has 1 aromatic heterocycles. The van der Waals surface area contributed by atoms with E-state index < -0.39 is 6.09 Å². The van der Waals surface area contributed by atoms with Gasteiger partial charge in [-0.1, -0.05) is 22.9 Å². The summed E-state index contributed by atoms with van der Waals surface area (Å²) in [7, 11) is 0. The number of benzene rings is 1. The fraction of sp³-hybridized carbons (Fsp3) is 0.471. The second kappa shape index (κ2) is 7.34. The quantitative estimate of drug-likeness (QED) is 0.732. The Morgan fingerprint density at radius 1 is 1.29 bits per heavy atom. The number of fused-ring (bicyclic) bond motifs is 1. The Morgan fingerprint density at radius 3 is 2.67 bits per heavy atom. The maximum Gasteiger partial charge on any atom is 0.404 e. The monoisotopic (exact) mass is 392 g/mol. The zero-order valence-corrected chi connectivity index (χ0v) is 15.1. The predicted molar refractivity (Wildman–Crippen MR) is 97.4 cm³/mol. The normalized spacial score (nSPS) is 20.8. The van der Waals surface area contributed by atoms with Gasteiger partial charge in [0, 0.05) is 28.1 Å². The zero-order valence-electron chi connectivity index (χ0n) is 13.6. The summed E-state index contributed by atoms with van der Waals surface area (Å²) in [5.74, 6) is 0.647. The van der Waals surface area contributed by atoms with Crippen molar-refractivity contribution in [3.63, 3.8) is 0 Å². The summed E-state index contributed by atoms with van der Waals surface area (Å²) in [6.07, 6.45) is 5.32. The van der Waals surface area contributed by atoms with Gasteiger partial charge in [-0.25, -0.2) is 14.8 Å². The van der Waals surface area contributed by atoms with Crippen LogP contribution < -0.4 is 10.6 Å². The van der Waals surface area contributed by atoms with Crippen molar-refractivity contribution in [3.05, 3.63) is 28.4 Å². The van der Waals surface area contributed by atoms with Crippen molar-refractivity contribution in [2.24, 2.45) is 0 Å². The maximum absolute atomic E-state index is 10.7. The smallest absolute Gasteiger partial charge is 0.404 e. The number of amides is 1. The van der Waals surface area contributed by atoms with E-state index in [0.717, 1.165) is 47.5 Å². The van der Waals surface area contributed by atoms with Crippen LogP contribution in [0.25, 0.3) is 10.9 Å². The van der Waals surface area contributed by atoms with Crippen LogP contribution >= 0.6 is 15.9 Å². The van der Waals surface area contributed by atoms with Crippen molar-refractivity contribution in [1.29, 1.82) is 0 Å². The Labute approximate surface area is 149 Å². The molecule has 1 aromatic carbocycles. The lowest BCUT2D eigenvalue weighted by molar-refractivity contribution is 0.185. The van der Waals surface area contributed by atoms with Gasteiger partial charge in [0.1, 0.15) is 0 Å². The summed E-state index contributed by atoms with van der Waals surface area (Å²) in [5, 5.41) is 15.8. The molecule has 0 spiro atoms. The molecule has 2 aromatic rings. The maximum atomic E-state index is 10.7. The standard InChI is InChI=1S/C17H21BrN4O2/c1-2-10-7-12(18)8-11-9-19-16(22-15(10)11)20-13-3-5-14(6-4-13)21-17(23)24/h7-9,13-14,21H,2-6H2,1H3,(H,23,24)(H,19,20,22)/t13-,14-. The van der Waals surface area contributed by atoms with Crippen LogP contribution in [0.2, 0.25) is 0 Å². The molecule has 0 saturated heterocycles. The molecule has 0 unspecified atom stereocenters. The first-order valence-corrected chi connectivity index (χ1v) is 9.05. The summed E-state index contributed by atoms with van der Waals surface area (Å²) in [4.78, 5) is 19.8. The number of nitrogens with zero attached hydrogens (tertiary/aromatic N) is 2. The van der Waals surface area contributed by atoms with E-state index in [0.29, 0.717) is 5.95 Å². The third kappa shape index (κ3) is 3.95. The molecular formula is C17H21BrN4O2. The Hall–Kier alpha value is -1.89. The van der Waals surface area contributed by atoms with E-state index in [4.69, 9.17) is 10.1 Å². The van der Waals surface area contributed by atoms with E-state index in [2.05, 4.69) is 44.5 Å². The van der Waals surface area contributed by atoms with Gasteiger partial charge in [0.2, 0.25) is 5.95 Å². The number of carbonyl (C=O) groups is 1. The molecule has 1 heterocycles. The van der Waals surface area contributed by atoms with Gasteiger partial charge in [0.25, 0.3) is 0 Å².